The second kappa shape index (κ2) is 5.90. The van der Waals surface area contributed by atoms with E-state index in [1.807, 2.05) is 6.92 Å². The molecule has 1 fully saturated rings. The lowest BCUT2D eigenvalue weighted by Gasteiger charge is -2.20. The molecule has 8 nitrogen and oxygen atoms in total. The van der Waals surface area contributed by atoms with Crippen LogP contribution in [0.1, 0.15) is 12.7 Å². The molecule has 0 bridgehead atoms. The van der Waals surface area contributed by atoms with Crippen molar-refractivity contribution in [3.63, 3.8) is 0 Å². The maximum atomic E-state index is 12.4. The van der Waals surface area contributed by atoms with E-state index in [9.17, 15) is 13.2 Å². The van der Waals surface area contributed by atoms with Crippen molar-refractivity contribution in [3.05, 3.63) is 12.0 Å². The number of hydrogen-bond acceptors (Lipinski definition) is 5. The largest absolute Gasteiger partial charge is 0.481 e. The van der Waals surface area contributed by atoms with Crippen molar-refractivity contribution in [1.29, 1.82) is 0 Å². The Morgan fingerprint density at radius 3 is 3.00 bits per heavy atom. The van der Waals surface area contributed by atoms with Gasteiger partial charge in [0.15, 0.2) is 5.03 Å². The van der Waals surface area contributed by atoms with E-state index in [0.717, 1.165) is 4.31 Å². The van der Waals surface area contributed by atoms with Crippen molar-refractivity contribution in [2.75, 3.05) is 26.3 Å². The summed E-state index contributed by atoms with van der Waals surface area (Å²) in [5.41, 5.74) is 0. The van der Waals surface area contributed by atoms with Gasteiger partial charge in [0.1, 0.15) is 5.82 Å². The first-order valence-corrected chi connectivity index (χ1v) is 7.73. The third-order valence-electron chi connectivity index (χ3n) is 3.14. The minimum absolute atomic E-state index is 0.0135. The van der Waals surface area contributed by atoms with Crippen LogP contribution in [0.4, 0.5) is 0 Å². The number of carboxylic acids is 1. The van der Waals surface area contributed by atoms with Crippen LogP contribution >= 0.6 is 0 Å². The number of aryl methyl sites for hydroxylation is 1. The summed E-state index contributed by atoms with van der Waals surface area (Å²) in [4.78, 5) is 17.7. The van der Waals surface area contributed by atoms with Gasteiger partial charge in [0, 0.05) is 19.5 Å². The lowest BCUT2D eigenvalue weighted by atomic mass is 10.2. The molecule has 0 radical (unpaired) electrons. The zero-order chi connectivity index (χ0) is 14.8. The fourth-order valence-corrected chi connectivity index (χ4v) is 3.34. The van der Waals surface area contributed by atoms with Crippen LogP contribution in [0.5, 0.6) is 0 Å². The predicted octanol–water partition coefficient (Wildman–Crippen LogP) is -0.306. The van der Waals surface area contributed by atoms with Gasteiger partial charge >= 0.3 is 5.97 Å². The normalized spacial score (nSPS) is 21.6. The summed E-state index contributed by atoms with van der Waals surface area (Å²) in [5, 5.41) is 9.02. The molecule has 1 unspecified atom stereocenters. The van der Waals surface area contributed by atoms with Gasteiger partial charge < -0.3 is 14.8 Å². The minimum atomic E-state index is -3.77. The molecule has 0 saturated carbocycles. The number of aliphatic carboxylic acids is 1. The van der Waals surface area contributed by atoms with Crippen LogP contribution in [0.25, 0.3) is 0 Å². The van der Waals surface area contributed by atoms with Gasteiger partial charge in [-0.1, -0.05) is 6.92 Å². The zero-order valence-electron chi connectivity index (χ0n) is 11.1. The number of carboxylic acid groups (broad SMARTS) is 1. The summed E-state index contributed by atoms with van der Waals surface area (Å²) in [7, 11) is -3.77. The highest BCUT2D eigenvalue weighted by molar-refractivity contribution is 7.89. The highest BCUT2D eigenvalue weighted by atomic mass is 32.2. The van der Waals surface area contributed by atoms with E-state index in [1.54, 1.807) is 0 Å². The van der Waals surface area contributed by atoms with Gasteiger partial charge in [0.25, 0.3) is 10.0 Å². The molecule has 112 valence electrons. The molecule has 2 N–H and O–H groups in total. The zero-order valence-corrected chi connectivity index (χ0v) is 11.9. The van der Waals surface area contributed by atoms with E-state index in [1.165, 1.54) is 6.20 Å². The van der Waals surface area contributed by atoms with Crippen molar-refractivity contribution < 1.29 is 23.1 Å². The van der Waals surface area contributed by atoms with E-state index < -0.39 is 21.9 Å². The summed E-state index contributed by atoms with van der Waals surface area (Å²) in [5.74, 6) is -1.35. The molecule has 9 heteroatoms. The highest BCUT2D eigenvalue weighted by Gasteiger charge is 2.33. The van der Waals surface area contributed by atoms with Gasteiger partial charge in [0.05, 0.1) is 25.3 Å². The molecule has 2 rings (SSSR count). The second-order valence-corrected chi connectivity index (χ2v) is 6.43. The SMILES string of the molecule is CCc1ncc(S(=O)(=O)N2CCOCC(C(=O)O)C2)[nH]1. The maximum absolute atomic E-state index is 12.4. The molecule has 1 aliphatic rings. The predicted molar refractivity (Wildman–Crippen MR) is 68.7 cm³/mol. The Hall–Kier alpha value is -1.45. The number of nitrogens with one attached hydrogen (secondary N) is 1. The molecule has 0 aromatic carbocycles. The number of carbonyl (C=O) groups is 1. The maximum Gasteiger partial charge on any atom is 0.310 e. The van der Waals surface area contributed by atoms with E-state index in [2.05, 4.69) is 9.97 Å². The van der Waals surface area contributed by atoms with E-state index in [0.29, 0.717) is 12.2 Å². The smallest absolute Gasteiger partial charge is 0.310 e. The van der Waals surface area contributed by atoms with Crippen LogP contribution < -0.4 is 0 Å². The molecule has 0 amide bonds. The molecule has 1 saturated heterocycles. The molecule has 1 aromatic heterocycles. The Bertz CT molecular complexity index is 583. The number of imidazole rings is 1. The average molecular weight is 303 g/mol. The van der Waals surface area contributed by atoms with Gasteiger partial charge in [0.2, 0.25) is 0 Å². The number of H-pyrrole nitrogens is 1. The fourth-order valence-electron chi connectivity index (χ4n) is 1.94. The van der Waals surface area contributed by atoms with Crippen LogP contribution in [0.3, 0.4) is 0 Å². The standard InChI is InChI=1S/C11H17N3O5S/c1-2-9-12-5-10(13-9)20(17,18)14-3-4-19-7-8(6-14)11(15)16/h5,8H,2-4,6-7H2,1H3,(H,12,13)(H,15,16). The Kier molecular flexibility index (Phi) is 4.41. The Morgan fingerprint density at radius 1 is 1.65 bits per heavy atom. The van der Waals surface area contributed by atoms with Gasteiger partial charge in [-0.3, -0.25) is 4.79 Å². The van der Waals surface area contributed by atoms with Gasteiger partial charge in [-0.25, -0.2) is 13.4 Å². The average Bonchev–Trinajstić information content (AvgIpc) is 2.75. The number of hydrogen-bond donors (Lipinski definition) is 2. The topological polar surface area (TPSA) is 113 Å². The quantitative estimate of drug-likeness (QED) is 0.789. The van der Waals surface area contributed by atoms with E-state index in [-0.39, 0.29) is 31.3 Å². The van der Waals surface area contributed by atoms with E-state index in [4.69, 9.17) is 9.84 Å². The molecule has 0 spiro atoms. The number of ether oxygens (including phenoxy) is 1. The second-order valence-electron chi connectivity index (χ2n) is 4.52. The number of aromatic amines is 1. The van der Waals surface area contributed by atoms with Crippen molar-refractivity contribution >= 4 is 16.0 Å². The monoisotopic (exact) mass is 303 g/mol. The summed E-state index contributed by atoms with van der Waals surface area (Å²) in [6.45, 7) is 2.09. The first-order chi connectivity index (χ1) is 9.45. The lowest BCUT2D eigenvalue weighted by molar-refractivity contribution is -0.143. The van der Waals surface area contributed by atoms with Crippen LogP contribution in [0.15, 0.2) is 11.2 Å². The van der Waals surface area contributed by atoms with Crippen molar-refractivity contribution in [2.24, 2.45) is 5.92 Å². The number of rotatable bonds is 4. The van der Waals surface area contributed by atoms with E-state index >= 15 is 0 Å². The first-order valence-electron chi connectivity index (χ1n) is 6.29. The van der Waals surface area contributed by atoms with Gasteiger partial charge in [-0.2, -0.15) is 4.31 Å². The van der Waals surface area contributed by atoms with Gasteiger partial charge in [-0.05, 0) is 0 Å². The Labute approximate surface area is 116 Å². The lowest BCUT2D eigenvalue weighted by Crippen LogP contribution is -2.38. The molecular weight excluding hydrogens is 286 g/mol. The van der Waals surface area contributed by atoms with Crippen LogP contribution in [-0.2, 0) is 26.0 Å². The molecule has 1 atom stereocenters. The fraction of sp³-hybridized carbons (Fsp3) is 0.636. The van der Waals surface area contributed by atoms with Crippen molar-refractivity contribution in [1.82, 2.24) is 14.3 Å². The first kappa shape index (κ1) is 14.9. The van der Waals surface area contributed by atoms with Crippen LogP contribution in [-0.4, -0.2) is 60.1 Å². The Morgan fingerprint density at radius 2 is 2.40 bits per heavy atom. The molecule has 0 aliphatic carbocycles. The molecule has 20 heavy (non-hydrogen) atoms. The van der Waals surface area contributed by atoms with Gasteiger partial charge in [-0.15, -0.1) is 0 Å². The number of nitrogens with zero attached hydrogens (tertiary/aromatic N) is 2. The van der Waals surface area contributed by atoms with Crippen molar-refractivity contribution in [2.45, 2.75) is 18.4 Å². The van der Waals surface area contributed by atoms with Crippen LogP contribution in [0.2, 0.25) is 0 Å². The molecule has 2 heterocycles. The molecule has 1 aliphatic heterocycles. The molecule has 1 aromatic rings. The van der Waals surface area contributed by atoms with Crippen molar-refractivity contribution in [3.8, 4) is 0 Å². The number of aromatic nitrogens is 2. The minimum Gasteiger partial charge on any atom is -0.481 e. The highest BCUT2D eigenvalue weighted by Crippen LogP contribution is 2.18. The third kappa shape index (κ3) is 3.00. The summed E-state index contributed by atoms with van der Waals surface area (Å²) in [6, 6.07) is 0. The number of sulfonamides is 1. The summed E-state index contributed by atoms with van der Waals surface area (Å²) in [6.07, 6.45) is 1.85. The van der Waals surface area contributed by atoms with Crippen LogP contribution in [0, 0.1) is 5.92 Å². The summed E-state index contributed by atoms with van der Waals surface area (Å²) < 4.78 is 31.2. The molecular formula is C11H17N3O5S. The third-order valence-corrected chi connectivity index (χ3v) is 4.91. The Balaban J connectivity index is 2.25. The summed E-state index contributed by atoms with van der Waals surface area (Å²) >= 11 is 0.